The maximum Gasteiger partial charge on any atom is 0.393 e. The zero-order valence-electron chi connectivity index (χ0n) is 20.2. The normalized spacial score (nSPS) is 11.3. The van der Waals surface area contributed by atoms with E-state index in [2.05, 4.69) is 20.6 Å². The highest BCUT2D eigenvalue weighted by molar-refractivity contribution is 7.99. The minimum absolute atomic E-state index is 0.118. The summed E-state index contributed by atoms with van der Waals surface area (Å²) in [4.78, 5) is 44.5. The van der Waals surface area contributed by atoms with Crippen LogP contribution in [0.4, 0.5) is 5.69 Å². The molecule has 2 aromatic heterocycles. The zero-order chi connectivity index (χ0) is 26.6. The third-order valence-corrected chi connectivity index (χ3v) is 6.12. The van der Waals surface area contributed by atoms with Gasteiger partial charge in [0.1, 0.15) is 5.52 Å². The van der Waals surface area contributed by atoms with Crippen LogP contribution in [0, 0.1) is 0 Å². The summed E-state index contributed by atoms with van der Waals surface area (Å²) in [7, 11) is 1.44. The van der Waals surface area contributed by atoms with Crippen molar-refractivity contribution in [3.63, 3.8) is 0 Å². The molecule has 192 valence electrons. The van der Waals surface area contributed by atoms with Crippen LogP contribution >= 0.6 is 11.8 Å². The van der Waals surface area contributed by atoms with Crippen molar-refractivity contribution in [2.75, 3.05) is 18.2 Å². The molecule has 3 N–H and O–H groups in total. The number of ether oxygens (including phenoxy) is 1. The molecule has 11 nitrogen and oxygen atoms in total. The standard InChI is InChI=1S/C25H24N4O7S/c1-25(2,9-10-37-24-28-17-8-7-15(22(32)33)12-18(17)36-24)29-21(31)20(30)27-16-6-4-5-14(11-16)19-13-26-23(34-3)35-19/h4-8,11-13H,9-10H2,1-3H3,(H,27,30)(H,29,31)(H,32,33). The van der Waals surface area contributed by atoms with E-state index in [-0.39, 0.29) is 11.6 Å². The lowest BCUT2D eigenvalue weighted by Crippen LogP contribution is -2.48. The lowest BCUT2D eigenvalue weighted by molar-refractivity contribution is -0.137. The number of methoxy groups -OCH3 is 1. The van der Waals surface area contributed by atoms with Crippen molar-refractivity contribution in [2.45, 2.75) is 31.0 Å². The smallest absolute Gasteiger partial charge is 0.393 e. The fourth-order valence-corrected chi connectivity index (χ4v) is 4.44. The highest BCUT2D eigenvalue weighted by Crippen LogP contribution is 2.27. The van der Waals surface area contributed by atoms with Gasteiger partial charge in [-0.15, -0.1) is 0 Å². The third-order valence-electron chi connectivity index (χ3n) is 5.29. The van der Waals surface area contributed by atoms with Gasteiger partial charge in [0.15, 0.2) is 11.3 Å². The zero-order valence-corrected chi connectivity index (χ0v) is 21.0. The summed E-state index contributed by atoms with van der Waals surface area (Å²) in [5, 5.41) is 14.8. The summed E-state index contributed by atoms with van der Waals surface area (Å²) in [6.07, 6.45) is 2.13. The summed E-state index contributed by atoms with van der Waals surface area (Å²) >= 11 is 1.33. The molecule has 0 bridgehead atoms. The number of hydrogen-bond acceptors (Lipinski definition) is 9. The Hall–Kier alpha value is -4.32. The fourth-order valence-electron chi connectivity index (χ4n) is 3.34. The van der Waals surface area contributed by atoms with Crippen molar-refractivity contribution in [3.05, 3.63) is 54.2 Å². The summed E-state index contributed by atoms with van der Waals surface area (Å²) in [6, 6.07) is 11.3. The van der Waals surface area contributed by atoms with Gasteiger partial charge in [-0.3, -0.25) is 9.59 Å². The molecule has 0 saturated heterocycles. The Bertz CT molecular complexity index is 1460. The van der Waals surface area contributed by atoms with E-state index in [1.165, 1.54) is 37.2 Å². The van der Waals surface area contributed by atoms with Crippen molar-refractivity contribution in [1.29, 1.82) is 0 Å². The number of thioether (sulfide) groups is 1. The molecule has 0 aliphatic carbocycles. The second kappa shape index (κ2) is 10.7. The number of aromatic nitrogens is 2. The summed E-state index contributed by atoms with van der Waals surface area (Å²) < 4.78 is 16.0. The average Bonchev–Trinajstić information content (AvgIpc) is 3.50. The van der Waals surface area contributed by atoms with E-state index < -0.39 is 23.3 Å². The van der Waals surface area contributed by atoms with Crippen LogP contribution in [0.25, 0.3) is 22.4 Å². The van der Waals surface area contributed by atoms with Crippen LogP contribution in [0.1, 0.15) is 30.6 Å². The van der Waals surface area contributed by atoms with Gasteiger partial charge < -0.3 is 29.3 Å². The molecular weight excluding hydrogens is 500 g/mol. The van der Waals surface area contributed by atoms with Gasteiger partial charge in [0, 0.05) is 22.5 Å². The van der Waals surface area contributed by atoms with Crippen LogP contribution < -0.4 is 15.4 Å². The van der Waals surface area contributed by atoms with Crippen molar-refractivity contribution >= 4 is 46.3 Å². The molecule has 0 atom stereocenters. The molecule has 12 heteroatoms. The molecule has 0 unspecified atom stereocenters. The Labute approximate surface area is 215 Å². The van der Waals surface area contributed by atoms with Crippen molar-refractivity contribution in [3.8, 4) is 17.4 Å². The third kappa shape index (κ3) is 6.47. The molecule has 37 heavy (non-hydrogen) atoms. The lowest BCUT2D eigenvalue weighted by Gasteiger charge is -2.25. The highest BCUT2D eigenvalue weighted by atomic mass is 32.2. The molecule has 4 aromatic rings. The number of carboxylic acid groups (broad SMARTS) is 1. The van der Waals surface area contributed by atoms with Gasteiger partial charge in [-0.2, -0.15) is 4.98 Å². The first-order chi connectivity index (χ1) is 17.6. The molecule has 0 radical (unpaired) electrons. The van der Waals surface area contributed by atoms with E-state index in [0.29, 0.717) is 45.5 Å². The van der Waals surface area contributed by atoms with Gasteiger partial charge in [0.2, 0.25) is 0 Å². The van der Waals surface area contributed by atoms with Gasteiger partial charge in [-0.25, -0.2) is 9.78 Å². The van der Waals surface area contributed by atoms with Crippen LogP contribution in [0.3, 0.4) is 0 Å². The van der Waals surface area contributed by atoms with Gasteiger partial charge in [0.25, 0.3) is 5.22 Å². The molecule has 0 fully saturated rings. The van der Waals surface area contributed by atoms with Crippen LogP contribution in [0.5, 0.6) is 6.08 Å². The summed E-state index contributed by atoms with van der Waals surface area (Å²) in [6.45, 7) is 3.61. The number of nitrogens with one attached hydrogen (secondary N) is 2. The minimum atomic E-state index is -1.04. The molecule has 0 saturated carbocycles. The maximum atomic E-state index is 12.5. The predicted octanol–water partition coefficient (Wildman–Crippen LogP) is 4.21. The fraction of sp³-hybridized carbons (Fsp3) is 0.240. The molecule has 4 rings (SSSR count). The van der Waals surface area contributed by atoms with Crippen LogP contribution in [0.15, 0.2) is 62.7 Å². The number of benzene rings is 2. The minimum Gasteiger partial charge on any atom is -0.478 e. The monoisotopic (exact) mass is 524 g/mol. The number of carboxylic acids is 1. The van der Waals surface area contributed by atoms with Crippen LogP contribution in [-0.2, 0) is 9.59 Å². The SMILES string of the molecule is COc1ncc(-c2cccc(NC(=O)C(=O)NC(C)(C)CCSc3nc4ccc(C(=O)O)cc4o3)c2)o1. The summed E-state index contributed by atoms with van der Waals surface area (Å²) in [5.41, 5.74) is 1.45. The second-order valence-corrected chi connectivity index (χ2v) is 9.68. The van der Waals surface area contributed by atoms with E-state index in [0.717, 1.165) is 0 Å². The molecule has 2 aromatic carbocycles. The van der Waals surface area contributed by atoms with Gasteiger partial charge >= 0.3 is 23.9 Å². The number of fused-ring (bicyclic) bond motifs is 1. The molecule has 0 aliphatic rings. The van der Waals surface area contributed by atoms with E-state index in [9.17, 15) is 14.4 Å². The van der Waals surface area contributed by atoms with E-state index in [1.54, 1.807) is 30.3 Å². The molecule has 2 amide bonds. The number of anilines is 1. The summed E-state index contributed by atoms with van der Waals surface area (Å²) in [5.74, 6) is -1.63. The number of carbonyl (C=O) groups excluding carboxylic acids is 2. The van der Waals surface area contributed by atoms with Crippen molar-refractivity contribution < 1.29 is 33.1 Å². The average molecular weight is 525 g/mol. The molecule has 0 aliphatic heterocycles. The van der Waals surface area contributed by atoms with Crippen molar-refractivity contribution in [2.24, 2.45) is 0 Å². The Morgan fingerprint density at radius 2 is 1.92 bits per heavy atom. The Morgan fingerprint density at radius 1 is 1.11 bits per heavy atom. The predicted molar refractivity (Wildman–Crippen MR) is 136 cm³/mol. The molecule has 2 heterocycles. The molecular formula is C25H24N4O7S. The first-order valence-corrected chi connectivity index (χ1v) is 12.1. The molecule has 0 spiro atoms. The first kappa shape index (κ1) is 25.8. The Kier molecular flexibility index (Phi) is 7.48. The number of hydrogen-bond donors (Lipinski definition) is 3. The van der Waals surface area contributed by atoms with E-state index in [4.69, 9.17) is 18.7 Å². The first-order valence-electron chi connectivity index (χ1n) is 11.1. The number of carbonyl (C=O) groups is 3. The number of rotatable bonds is 9. The van der Waals surface area contributed by atoms with Gasteiger partial charge in [0.05, 0.1) is 18.9 Å². The van der Waals surface area contributed by atoms with Crippen LogP contribution in [-0.4, -0.2) is 51.3 Å². The topological polar surface area (TPSA) is 157 Å². The number of nitrogens with zero attached hydrogens (tertiary/aromatic N) is 2. The maximum absolute atomic E-state index is 12.5. The lowest BCUT2D eigenvalue weighted by atomic mass is 10.0. The largest absolute Gasteiger partial charge is 0.478 e. The van der Waals surface area contributed by atoms with Crippen LogP contribution in [0.2, 0.25) is 0 Å². The number of aromatic carboxylic acids is 1. The van der Waals surface area contributed by atoms with Gasteiger partial charge in [-0.05, 0) is 50.6 Å². The quantitative estimate of drug-likeness (QED) is 0.214. The Balaban J connectivity index is 1.30. The number of amides is 2. The Morgan fingerprint density at radius 3 is 2.65 bits per heavy atom. The van der Waals surface area contributed by atoms with E-state index >= 15 is 0 Å². The number of oxazole rings is 2. The van der Waals surface area contributed by atoms with E-state index in [1.807, 2.05) is 13.8 Å². The van der Waals surface area contributed by atoms with Crippen molar-refractivity contribution in [1.82, 2.24) is 15.3 Å². The van der Waals surface area contributed by atoms with Gasteiger partial charge in [-0.1, -0.05) is 23.9 Å². The second-order valence-electron chi connectivity index (χ2n) is 8.63. The highest BCUT2D eigenvalue weighted by Gasteiger charge is 2.25.